The zero-order valence-corrected chi connectivity index (χ0v) is 12.0. The molecule has 0 saturated heterocycles. The average Bonchev–Trinajstić information content (AvgIpc) is 2.38. The third-order valence-corrected chi connectivity index (χ3v) is 3.20. The fourth-order valence-electron chi connectivity index (χ4n) is 2.09. The number of hydrogen-bond acceptors (Lipinski definition) is 2. The van der Waals surface area contributed by atoms with Crippen LogP contribution < -0.4 is 5.32 Å². The van der Waals surface area contributed by atoms with E-state index in [4.69, 9.17) is 5.26 Å². The van der Waals surface area contributed by atoms with Crippen molar-refractivity contribution in [2.24, 2.45) is 5.92 Å². The number of anilines is 1. The summed E-state index contributed by atoms with van der Waals surface area (Å²) in [7, 11) is 0. The topological polar surface area (TPSA) is 52.9 Å². The van der Waals surface area contributed by atoms with Crippen LogP contribution in [-0.2, 0) is 4.79 Å². The highest BCUT2D eigenvalue weighted by Gasteiger charge is 2.10. The molecule has 1 aromatic rings. The Hall–Kier alpha value is -1.82. The molecule has 0 aromatic heterocycles. The lowest BCUT2D eigenvalue weighted by molar-refractivity contribution is -0.116. The molecule has 0 saturated carbocycles. The summed E-state index contributed by atoms with van der Waals surface area (Å²) in [5, 5.41) is 11.9. The first-order valence-corrected chi connectivity index (χ1v) is 6.83. The van der Waals surface area contributed by atoms with Gasteiger partial charge in [-0.15, -0.1) is 0 Å². The van der Waals surface area contributed by atoms with Crippen molar-refractivity contribution < 1.29 is 4.79 Å². The second-order valence-corrected chi connectivity index (χ2v) is 5.02. The normalized spacial score (nSPS) is 11.7. The zero-order valence-electron chi connectivity index (χ0n) is 12.0. The molecule has 19 heavy (non-hydrogen) atoms. The number of nitriles is 1. The van der Waals surface area contributed by atoms with Crippen LogP contribution in [-0.4, -0.2) is 5.91 Å². The second-order valence-electron chi connectivity index (χ2n) is 5.02. The number of benzene rings is 1. The number of aryl methyl sites for hydroxylation is 2. The minimum Gasteiger partial charge on any atom is -0.326 e. The molecule has 0 aliphatic heterocycles. The van der Waals surface area contributed by atoms with Crippen molar-refractivity contribution in [1.29, 1.82) is 5.26 Å². The van der Waals surface area contributed by atoms with Crippen LogP contribution in [0.5, 0.6) is 0 Å². The summed E-state index contributed by atoms with van der Waals surface area (Å²) >= 11 is 0. The molecular weight excluding hydrogens is 236 g/mol. The van der Waals surface area contributed by atoms with Gasteiger partial charge in [-0.25, -0.2) is 0 Å². The Kier molecular flexibility index (Phi) is 6.08. The van der Waals surface area contributed by atoms with E-state index in [0.29, 0.717) is 12.8 Å². The molecule has 102 valence electrons. The maximum atomic E-state index is 11.9. The number of carbonyl (C=O) groups is 1. The van der Waals surface area contributed by atoms with Crippen LogP contribution in [0.3, 0.4) is 0 Å². The van der Waals surface area contributed by atoms with Gasteiger partial charge in [0.25, 0.3) is 0 Å². The summed E-state index contributed by atoms with van der Waals surface area (Å²) in [6.45, 7) is 6.07. The highest BCUT2D eigenvalue weighted by Crippen LogP contribution is 2.17. The lowest BCUT2D eigenvalue weighted by atomic mass is 9.99. The molecule has 0 fully saturated rings. The first-order valence-electron chi connectivity index (χ1n) is 6.83. The van der Waals surface area contributed by atoms with Gasteiger partial charge in [0.2, 0.25) is 5.91 Å². The van der Waals surface area contributed by atoms with Crippen molar-refractivity contribution in [2.75, 3.05) is 5.32 Å². The summed E-state index contributed by atoms with van der Waals surface area (Å²) < 4.78 is 0. The predicted octanol–water partition coefficient (Wildman–Crippen LogP) is 3.96. The molecule has 1 aromatic carbocycles. The minimum atomic E-state index is -0.0108. The second kappa shape index (κ2) is 7.58. The van der Waals surface area contributed by atoms with Gasteiger partial charge < -0.3 is 5.32 Å². The van der Waals surface area contributed by atoms with Gasteiger partial charge in [0.1, 0.15) is 0 Å². The van der Waals surface area contributed by atoms with E-state index in [9.17, 15) is 4.79 Å². The lowest BCUT2D eigenvalue weighted by Gasteiger charge is -2.10. The van der Waals surface area contributed by atoms with Crippen LogP contribution in [0, 0.1) is 31.1 Å². The SMILES string of the molecule is CCCC(C#N)CCC(=O)Nc1ccc(C)cc1C. The first kappa shape index (κ1) is 15.2. The molecule has 3 nitrogen and oxygen atoms in total. The molecule has 0 bridgehead atoms. The van der Waals surface area contributed by atoms with E-state index in [0.717, 1.165) is 24.1 Å². The van der Waals surface area contributed by atoms with Crippen molar-refractivity contribution >= 4 is 11.6 Å². The molecule has 1 rings (SSSR count). The standard InChI is InChI=1S/C16H22N2O/c1-4-5-14(11-17)7-9-16(19)18-15-8-6-12(2)10-13(15)3/h6,8,10,14H,4-5,7,9H2,1-3H3,(H,18,19). The molecular formula is C16H22N2O. The van der Waals surface area contributed by atoms with Crippen LogP contribution in [0.15, 0.2) is 18.2 Å². The third kappa shape index (κ3) is 5.13. The van der Waals surface area contributed by atoms with Gasteiger partial charge >= 0.3 is 0 Å². The molecule has 1 atom stereocenters. The van der Waals surface area contributed by atoms with Crippen LogP contribution in [0.1, 0.15) is 43.7 Å². The van der Waals surface area contributed by atoms with Gasteiger partial charge in [-0.2, -0.15) is 5.26 Å². The average molecular weight is 258 g/mol. The smallest absolute Gasteiger partial charge is 0.224 e. The van der Waals surface area contributed by atoms with Gasteiger partial charge in [0.05, 0.1) is 6.07 Å². The number of nitrogens with zero attached hydrogens (tertiary/aromatic N) is 1. The first-order chi connectivity index (χ1) is 9.06. The number of rotatable bonds is 6. The summed E-state index contributed by atoms with van der Waals surface area (Å²) in [6, 6.07) is 8.22. The van der Waals surface area contributed by atoms with Gasteiger partial charge in [-0.05, 0) is 38.3 Å². The largest absolute Gasteiger partial charge is 0.326 e. The van der Waals surface area contributed by atoms with Crippen LogP contribution in [0.25, 0.3) is 0 Å². The molecule has 1 N–H and O–H groups in total. The quantitative estimate of drug-likeness (QED) is 0.839. The number of amides is 1. The van der Waals surface area contributed by atoms with Gasteiger partial charge in [0, 0.05) is 18.0 Å². The summed E-state index contributed by atoms with van der Waals surface area (Å²) in [4.78, 5) is 11.9. The third-order valence-electron chi connectivity index (χ3n) is 3.20. The van der Waals surface area contributed by atoms with Gasteiger partial charge in [0.15, 0.2) is 0 Å². The van der Waals surface area contributed by atoms with Crippen molar-refractivity contribution in [3.63, 3.8) is 0 Å². The lowest BCUT2D eigenvalue weighted by Crippen LogP contribution is -2.13. The maximum absolute atomic E-state index is 11.9. The highest BCUT2D eigenvalue weighted by molar-refractivity contribution is 5.91. The molecule has 0 radical (unpaired) electrons. The molecule has 0 heterocycles. The highest BCUT2D eigenvalue weighted by atomic mass is 16.1. The molecule has 1 amide bonds. The van der Waals surface area contributed by atoms with E-state index in [1.165, 1.54) is 5.56 Å². The predicted molar refractivity (Wildman–Crippen MR) is 77.8 cm³/mol. The molecule has 3 heteroatoms. The van der Waals surface area contributed by atoms with Crippen LogP contribution in [0.4, 0.5) is 5.69 Å². The van der Waals surface area contributed by atoms with Crippen molar-refractivity contribution in [3.8, 4) is 6.07 Å². The molecule has 0 aliphatic rings. The monoisotopic (exact) mass is 258 g/mol. The Morgan fingerprint density at radius 2 is 2.11 bits per heavy atom. The van der Waals surface area contributed by atoms with Gasteiger partial charge in [-0.3, -0.25) is 4.79 Å². The number of carbonyl (C=O) groups excluding carboxylic acids is 1. The van der Waals surface area contributed by atoms with E-state index in [-0.39, 0.29) is 11.8 Å². The Balaban J connectivity index is 2.49. The van der Waals surface area contributed by atoms with Crippen molar-refractivity contribution in [2.45, 2.75) is 46.5 Å². The van der Waals surface area contributed by atoms with Crippen LogP contribution in [0.2, 0.25) is 0 Å². The molecule has 1 unspecified atom stereocenters. The molecule has 0 aliphatic carbocycles. The fourth-order valence-corrected chi connectivity index (χ4v) is 2.09. The Morgan fingerprint density at radius 1 is 1.37 bits per heavy atom. The minimum absolute atomic E-state index is 0.00475. The van der Waals surface area contributed by atoms with E-state index in [1.807, 2.05) is 32.0 Å². The number of nitrogens with one attached hydrogen (secondary N) is 1. The summed E-state index contributed by atoms with van der Waals surface area (Å²) in [5.41, 5.74) is 3.11. The van der Waals surface area contributed by atoms with E-state index in [1.54, 1.807) is 0 Å². The van der Waals surface area contributed by atoms with E-state index < -0.39 is 0 Å². The van der Waals surface area contributed by atoms with Crippen LogP contribution >= 0.6 is 0 Å². The summed E-state index contributed by atoms with van der Waals surface area (Å²) in [6.07, 6.45) is 2.90. The van der Waals surface area contributed by atoms with Crippen molar-refractivity contribution in [1.82, 2.24) is 0 Å². The molecule has 0 spiro atoms. The van der Waals surface area contributed by atoms with E-state index >= 15 is 0 Å². The van der Waals surface area contributed by atoms with Gasteiger partial charge in [-0.1, -0.05) is 31.0 Å². The zero-order chi connectivity index (χ0) is 14.3. The van der Waals surface area contributed by atoms with Crippen molar-refractivity contribution in [3.05, 3.63) is 29.3 Å². The Morgan fingerprint density at radius 3 is 2.68 bits per heavy atom. The number of hydrogen-bond donors (Lipinski definition) is 1. The fraction of sp³-hybridized carbons (Fsp3) is 0.500. The Bertz CT molecular complexity index is 474. The maximum Gasteiger partial charge on any atom is 0.224 e. The van der Waals surface area contributed by atoms with E-state index in [2.05, 4.69) is 18.3 Å². The Labute approximate surface area is 115 Å². The summed E-state index contributed by atoms with van der Waals surface area (Å²) in [5.74, 6) is -0.0156.